The molecule has 18 fully saturated rings. The van der Waals surface area contributed by atoms with E-state index in [2.05, 4.69) is 81.1 Å². The molecular weight excluding hydrogens is 1040 g/mol. The van der Waals surface area contributed by atoms with Crippen molar-refractivity contribution in [1.82, 2.24) is 41.3 Å². The van der Waals surface area contributed by atoms with Crippen molar-refractivity contribution in [2.24, 2.45) is 71.0 Å². The zero-order chi connectivity index (χ0) is 56.0. The van der Waals surface area contributed by atoms with Crippen LogP contribution in [0.4, 0.5) is 0 Å². The summed E-state index contributed by atoms with van der Waals surface area (Å²) >= 11 is 1.84. The number of nitrogens with one attached hydrogen (secondary N) is 4. The van der Waals surface area contributed by atoms with E-state index in [9.17, 15) is 0 Å². The van der Waals surface area contributed by atoms with Crippen molar-refractivity contribution in [1.29, 1.82) is 0 Å². The monoisotopic (exact) mass is 1150 g/mol. The Bertz CT molecular complexity index is 2680. The van der Waals surface area contributed by atoms with Crippen molar-refractivity contribution in [3.8, 4) is 0 Å². The summed E-state index contributed by atoms with van der Waals surface area (Å²) in [5.74, 6) is 16.0. The summed E-state index contributed by atoms with van der Waals surface area (Å²) < 4.78 is 17.0. The second-order valence-corrected chi connectivity index (χ2v) is 34.5. The van der Waals surface area contributed by atoms with Crippen LogP contribution in [-0.2, 0) is 38.1 Å². The largest absolute Gasteiger partial charge is 0.469 e. The highest BCUT2D eigenvalue weighted by Gasteiger charge is 2.54. The number of thiazole rings is 1. The van der Waals surface area contributed by atoms with E-state index < -0.39 is 0 Å². The molecule has 22 rings (SSSR count). The van der Waals surface area contributed by atoms with E-state index in [1.165, 1.54) is 221 Å². The van der Waals surface area contributed by atoms with Gasteiger partial charge in [0.25, 0.3) is 0 Å². The summed E-state index contributed by atoms with van der Waals surface area (Å²) in [6, 6.07) is 4.48. The molecule has 0 amide bonds. The molecule has 4 aromatic rings. The van der Waals surface area contributed by atoms with Gasteiger partial charge in [-0.2, -0.15) is 0 Å². The molecule has 17 aliphatic carbocycles. The Kier molecular flexibility index (Phi) is 15.6. The molecule has 454 valence electrons. The molecule has 0 unspecified atom stereocenters. The number of aromatic nitrogens is 3. The standard InChI is InChI=1S/C20H31N3O.C18H28N2O.C18H25NO.C15H22N2S/c1-2-4-23(5-3-1)14-19-9-18(22-24-19)13-21-20-10-15-6-16(11-20)8-17(7-15)12-20;1-17(2,3)16-20-15(11-21-16)10-19-18-7-12-4-13(8-18)6-14(5-12)9-18;1-2-16(1)17-6-15(11-20-17)10-19-18-7-12-3-13(8-18)5-14(4-12)9-18;1-10-16-8-14(18-10)9-17-15-5-11-2-12(6-15)4-13(3-11)7-15/h9,15-17,21H,1-8,10-14H2;11-14,19H,4-10H2,1-3H3;6,11-14,16,19H,1-5,7-10H2;8,11-13,17H,2-7,9H2,1H3. The Hall–Kier alpha value is -2.87. The molecular formula is C71H106N8O3S. The van der Waals surface area contributed by atoms with Gasteiger partial charge in [0.1, 0.15) is 12.0 Å². The second kappa shape index (κ2) is 22.9. The van der Waals surface area contributed by atoms with Gasteiger partial charge in [-0.3, -0.25) is 4.90 Å². The Balaban J connectivity index is 0.0000000949. The van der Waals surface area contributed by atoms with Gasteiger partial charge in [0.05, 0.1) is 29.2 Å². The van der Waals surface area contributed by atoms with Crippen LogP contribution in [0.25, 0.3) is 0 Å². The van der Waals surface area contributed by atoms with Crippen LogP contribution in [0.5, 0.6) is 0 Å². The molecule has 1 aliphatic heterocycles. The van der Waals surface area contributed by atoms with Crippen LogP contribution in [0, 0.1) is 77.9 Å². The molecule has 12 heteroatoms. The number of piperidine rings is 1. The minimum absolute atomic E-state index is 0.00106. The maximum Gasteiger partial charge on any atom is 0.199 e. The van der Waals surface area contributed by atoms with Crippen LogP contribution in [0.2, 0.25) is 0 Å². The van der Waals surface area contributed by atoms with Gasteiger partial charge in [-0.25, -0.2) is 9.97 Å². The van der Waals surface area contributed by atoms with Crippen LogP contribution >= 0.6 is 11.3 Å². The summed E-state index contributed by atoms with van der Waals surface area (Å²) in [7, 11) is 0. The molecule has 0 aromatic carbocycles. The van der Waals surface area contributed by atoms with Crippen LogP contribution in [-0.4, -0.2) is 55.3 Å². The van der Waals surface area contributed by atoms with Gasteiger partial charge in [0.15, 0.2) is 11.7 Å². The summed E-state index contributed by atoms with van der Waals surface area (Å²) in [5, 5.41) is 21.2. The first kappa shape index (κ1) is 56.6. The molecule has 4 N–H and O–H groups in total. The molecule has 83 heavy (non-hydrogen) atoms. The Labute approximate surface area is 502 Å². The van der Waals surface area contributed by atoms with Crippen molar-refractivity contribution in [3.05, 3.63) is 75.1 Å². The van der Waals surface area contributed by atoms with Crippen molar-refractivity contribution in [2.75, 3.05) is 13.1 Å². The predicted molar refractivity (Wildman–Crippen MR) is 329 cm³/mol. The molecule has 0 atom stereocenters. The number of rotatable bonds is 15. The Morgan fingerprint density at radius 2 is 0.964 bits per heavy atom. The SMILES string of the molecule is CC(C)(C)c1nc(CNC23CC4CC(CC(C4)C2)C3)co1.Cc1ncc(CNC23CC4CC(CC(C4)C2)C3)s1.c1c(CNC23CC4CC(CC(C4)C2)C3)noc1CN1CCCCC1.c1oc(C2CC2)cc1CNC12CC3CC(CC(C3)C1)C2. The van der Waals surface area contributed by atoms with Gasteiger partial charge in [-0.1, -0.05) is 32.3 Å². The average Bonchev–Trinajstić information content (AvgIpc) is 2.86. The minimum Gasteiger partial charge on any atom is -0.469 e. The van der Waals surface area contributed by atoms with Crippen molar-refractivity contribution >= 4 is 11.3 Å². The van der Waals surface area contributed by atoms with Gasteiger partial charge < -0.3 is 34.6 Å². The third kappa shape index (κ3) is 13.0. The van der Waals surface area contributed by atoms with Crippen LogP contribution in [0.15, 0.2) is 44.2 Å². The van der Waals surface area contributed by atoms with Crippen molar-refractivity contribution < 1.29 is 13.4 Å². The Morgan fingerprint density at radius 1 is 0.530 bits per heavy atom. The third-order valence-electron chi connectivity index (χ3n) is 24.7. The van der Waals surface area contributed by atoms with Crippen molar-refractivity contribution in [3.63, 3.8) is 0 Å². The predicted octanol–water partition coefficient (Wildman–Crippen LogP) is 15.5. The lowest BCUT2D eigenvalue weighted by molar-refractivity contribution is -0.0209. The molecule has 16 bridgehead atoms. The van der Waals surface area contributed by atoms with E-state index in [1.54, 1.807) is 0 Å². The number of likely N-dealkylation sites (tertiary alicyclic amines) is 1. The van der Waals surface area contributed by atoms with E-state index in [0.717, 1.165) is 133 Å². The molecule has 11 nitrogen and oxygen atoms in total. The highest BCUT2D eigenvalue weighted by molar-refractivity contribution is 7.11. The normalized spacial score (nSPS) is 40.0. The smallest absolute Gasteiger partial charge is 0.199 e. The van der Waals surface area contributed by atoms with E-state index in [-0.39, 0.29) is 5.41 Å². The zero-order valence-corrected chi connectivity index (χ0v) is 52.6. The molecule has 0 spiro atoms. The van der Waals surface area contributed by atoms with E-state index in [0.29, 0.717) is 22.2 Å². The first-order valence-corrected chi connectivity index (χ1v) is 35.6. The van der Waals surface area contributed by atoms with Gasteiger partial charge in [0.2, 0.25) is 0 Å². The number of hydrogen-bond donors (Lipinski definition) is 4. The number of furan rings is 1. The summed E-state index contributed by atoms with van der Waals surface area (Å²) in [6.07, 6.45) is 47.8. The van der Waals surface area contributed by atoms with Gasteiger partial charge in [-0.15, -0.1) is 11.3 Å². The Morgan fingerprint density at radius 3 is 1.37 bits per heavy atom. The molecule has 5 heterocycles. The lowest BCUT2D eigenvalue weighted by atomic mass is 9.53. The maximum absolute atomic E-state index is 5.72. The van der Waals surface area contributed by atoms with E-state index in [4.69, 9.17) is 13.4 Å². The molecule has 17 saturated carbocycles. The number of aryl methyl sites for hydroxylation is 1. The highest BCUT2D eigenvalue weighted by Crippen LogP contribution is 2.59. The fraction of sp³-hybridized carbons (Fsp3) is 0.817. The molecule has 0 radical (unpaired) electrons. The van der Waals surface area contributed by atoms with Gasteiger partial charge in [-0.05, 0) is 277 Å². The summed E-state index contributed by atoms with van der Waals surface area (Å²) in [6.45, 7) is 15.7. The van der Waals surface area contributed by atoms with Gasteiger partial charge in [0, 0.05) is 82.4 Å². The summed E-state index contributed by atoms with van der Waals surface area (Å²) in [4.78, 5) is 12.9. The zero-order valence-electron chi connectivity index (χ0n) is 51.8. The lowest BCUT2D eigenvalue weighted by Gasteiger charge is -2.57. The first-order valence-electron chi connectivity index (χ1n) is 34.8. The van der Waals surface area contributed by atoms with Crippen molar-refractivity contribution in [2.45, 2.75) is 280 Å². The molecule has 18 aliphatic rings. The fourth-order valence-electron chi connectivity index (χ4n) is 22.6. The average molecular weight is 1150 g/mol. The van der Waals surface area contributed by atoms with E-state index >= 15 is 0 Å². The minimum atomic E-state index is -0.00106. The van der Waals surface area contributed by atoms with Crippen LogP contribution in [0.1, 0.15) is 257 Å². The van der Waals surface area contributed by atoms with Gasteiger partial charge >= 0.3 is 0 Å². The lowest BCUT2D eigenvalue weighted by Crippen LogP contribution is -2.58. The van der Waals surface area contributed by atoms with Crippen LogP contribution in [0.3, 0.4) is 0 Å². The molecule has 4 aromatic heterocycles. The quantitative estimate of drug-likeness (QED) is 0.0908. The van der Waals surface area contributed by atoms with Crippen LogP contribution < -0.4 is 21.3 Å². The number of nitrogens with zero attached hydrogens (tertiary/aromatic N) is 4. The number of oxazole rings is 1. The topological polar surface area (TPSA) is 129 Å². The maximum atomic E-state index is 5.72. The fourth-order valence-corrected chi connectivity index (χ4v) is 23.3. The molecule has 1 saturated heterocycles. The summed E-state index contributed by atoms with van der Waals surface area (Å²) in [5.41, 5.74) is 5.32. The second-order valence-electron chi connectivity index (χ2n) is 33.2. The first-order chi connectivity index (χ1) is 40.2. The number of hydrogen-bond acceptors (Lipinski definition) is 12. The van der Waals surface area contributed by atoms with E-state index in [1.807, 2.05) is 30.1 Å². The third-order valence-corrected chi connectivity index (χ3v) is 25.6. The highest BCUT2D eigenvalue weighted by atomic mass is 32.1.